The molecule has 4 aromatic rings. The number of thiophene rings is 2. The summed E-state index contributed by atoms with van der Waals surface area (Å²) in [6, 6.07) is 23.4. The number of anilines is 1. The summed E-state index contributed by atoms with van der Waals surface area (Å²) in [6.45, 7) is 0. The lowest BCUT2D eigenvalue weighted by Crippen LogP contribution is -2.43. The highest BCUT2D eigenvalue weighted by atomic mass is 32.1. The number of hydrogen-bond donors (Lipinski definition) is 0. The predicted octanol–water partition coefficient (Wildman–Crippen LogP) is 8.27. The van der Waals surface area contributed by atoms with E-state index >= 15 is 13.2 Å². The van der Waals surface area contributed by atoms with Crippen molar-refractivity contribution in [1.82, 2.24) is 0 Å². The maximum Gasteiger partial charge on any atom is 0.437 e. The van der Waals surface area contributed by atoms with E-state index in [1.807, 2.05) is 61.5 Å². The van der Waals surface area contributed by atoms with Crippen LogP contribution in [0, 0.1) is 34.0 Å². The first kappa shape index (κ1) is 27.7. The Kier molecular flexibility index (Phi) is 7.19. The fourth-order valence-corrected chi connectivity index (χ4v) is 7.02. The van der Waals surface area contributed by atoms with Crippen molar-refractivity contribution < 1.29 is 17.9 Å². The third-order valence-corrected chi connectivity index (χ3v) is 8.82. The summed E-state index contributed by atoms with van der Waals surface area (Å²) in [5, 5.41) is 28.9. The summed E-state index contributed by atoms with van der Waals surface area (Å²) in [4.78, 5) is 3.09. The maximum atomic E-state index is 15.1. The number of halogens is 3. The van der Waals surface area contributed by atoms with Gasteiger partial charge in [-0.15, -0.1) is 22.7 Å². The summed E-state index contributed by atoms with van der Waals surface area (Å²) in [6.07, 6.45) is -1.13. The number of rotatable bonds is 5. The summed E-state index contributed by atoms with van der Waals surface area (Å²) in [5.74, 6) is -0.672. The maximum absolute atomic E-state index is 15.1. The van der Waals surface area contributed by atoms with Gasteiger partial charge in [-0.2, -0.15) is 29.0 Å². The van der Waals surface area contributed by atoms with Crippen LogP contribution >= 0.6 is 22.7 Å². The molecule has 2 aromatic carbocycles. The normalized spacial score (nSPS) is 16.9. The van der Waals surface area contributed by atoms with Gasteiger partial charge in [0.15, 0.2) is 11.3 Å². The SMILES string of the molecule is CN(C)c1ccc(/C=C/c2cc3sc(C4=C(C#N)C(=C(C#N)C#N)OC4(c4ccccc4)C(F)(F)F)cc3s2)cc1. The molecule has 1 atom stereocenters. The van der Waals surface area contributed by atoms with Gasteiger partial charge >= 0.3 is 6.18 Å². The smallest absolute Gasteiger partial charge is 0.437 e. The van der Waals surface area contributed by atoms with Gasteiger partial charge in [0.05, 0.1) is 0 Å². The van der Waals surface area contributed by atoms with E-state index in [-0.39, 0.29) is 10.4 Å². The average molecular weight is 585 g/mol. The van der Waals surface area contributed by atoms with Crippen LogP contribution in [-0.2, 0) is 10.3 Å². The number of allylic oxidation sites excluding steroid dienone is 2. The number of fused-ring (bicyclic) bond motifs is 1. The standard InChI is InChI=1S/C31H19F3N4OS2/c1-38(2)22-11-8-19(9-12-22)10-13-23-14-25-26(40-23)15-27(41-25)28-24(18-37)29(20(16-35)17-36)39-30(28,31(32,33)34)21-6-4-3-5-7-21/h3-15H,1-2H3/b13-10+. The van der Waals surface area contributed by atoms with Crippen LogP contribution in [0.3, 0.4) is 0 Å². The van der Waals surface area contributed by atoms with E-state index in [2.05, 4.69) is 0 Å². The highest BCUT2D eigenvalue weighted by Gasteiger charge is 2.66. The van der Waals surface area contributed by atoms with Crippen LogP contribution in [0.2, 0.25) is 0 Å². The van der Waals surface area contributed by atoms with E-state index in [1.54, 1.807) is 30.3 Å². The Morgan fingerprint density at radius 2 is 1.56 bits per heavy atom. The number of alkyl halides is 3. The fraction of sp³-hybridized carbons (Fsp3) is 0.129. The molecule has 5 rings (SSSR count). The Bertz CT molecular complexity index is 1810. The lowest BCUT2D eigenvalue weighted by atomic mass is 9.83. The lowest BCUT2D eigenvalue weighted by Gasteiger charge is -2.34. The molecule has 0 fully saturated rings. The highest BCUT2D eigenvalue weighted by molar-refractivity contribution is 7.28. The minimum Gasteiger partial charge on any atom is -0.464 e. The van der Waals surface area contributed by atoms with E-state index in [4.69, 9.17) is 4.74 Å². The van der Waals surface area contributed by atoms with Gasteiger partial charge in [0.25, 0.3) is 5.60 Å². The van der Waals surface area contributed by atoms with Crippen molar-refractivity contribution in [1.29, 1.82) is 15.8 Å². The first-order chi connectivity index (χ1) is 19.6. The molecule has 0 saturated carbocycles. The van der Waals surface area contributed by atoms with Crippen molar-refractivity contribution in [3.05, 3.63) is 105 Å². The van der Waals surface area contributed by atoms with Crippen LogP contribution < -0.4 is 4.90 Å². The summed E-state index contributed by atoms with van der Waals surface area (Å²) in [5.41, 5.74) is -2.88. The zero-order valence-corrected chi connectivity index (χ0v) is 23.3. The van der Waals surface area contributed by atoms with Crippen molar-refractivity contribution in [2.45, 2.75) is 11.8 Å². The van der Waals surface area contributed by atoms with Crippen LogP contribution in [0.1, 0.15) is 20.9 Å². The Morgan fingerprint density at radius 1 is 0.902 bits per heavy atom. The Hall–Kier alpha value is -4.82. The van der Waals surface area contributed by atoms with E-state index in [9.17, 15) is 15.8 Å². The van der Waals surface area contributed by atoms with Gasteiger partial charge in [-0.1, -0.05) is 48.5 Å². The summed E-state index contributed by atoms with van der Waals surface area (Å²) < 4.78 is 52.3. The Morgan fingerprint density at radius 3 is 2.12 bits per heavy atom. The highest BCUT2D eigenvalue weighted by Crippen LogP contribution is 2.60. The molecule has 41 heavy (non-hydrogen) atoms. The Labute approximate surface area is 242 Å². The van der Waals surface area contributed by atoms with Crippen molar-refractivity contribution >= 4 is 55.5 Å². The minimum atomic E-state index is -5.03. The zero-order valence-electron chi connectivity index (χ0n) is 21.7. The van der Waals surface area contributed by atoms with E-state index < -0.39 is 34.3 Å². The molecule has 2 aromatic heterocycles. The van der Waals surface area contributed by atoms with Gasteiger partial charge in [-0.05, 0) is 35.9 Å². The van der Waals surface area contributed by atoms with Gasteiger partial charge in [0, 0.05) is 50.1 Å². The first-order valence-corrected chi connectivity index (χ1v) is 13.8. The number of nitrogens with zero attached hydrogens (tertiary/aromatic N) is 4. The first-order valence-electron chi connectivity index (χ1n) is 12.1. The second kappa shape index (κ2) is 10.6. The molecule has 0 aliphatic carbocycles. The largest absolute Gasteiger partial charge is 0.464 e. The molecule has 0 saturated heterocycles. The second-order valence-corrected chi connectivity index (χ2v) is 11.4. The molecule has 0 spiro atoms. The molecule has 10 heteroatoms. The van der Waals surface area contributed by atoms with E-state index in [0.29, 0.717) is 0 Å². The molecule has 1 aliphatic rings. The molecule has 5 nitrogen and oxygen atoms in total. The van der Waals surface area contributed by atoms with Gasteiger partial charge in [0.2, 0.25) is 0 Å². The van der Waals surface area contributed by atoms with Crippen LogP contribution in [0.25, 0.3) is 27.1 Å². The van der Waals surface area contributed by atoms with Crippen LogP contribution in [0.5, 0.6) is 0 Å². The number of nitriles is 3. The van der Waals surface area contributed by atoms with E-state index in [1.165, 1.54) is 35.6 Å². The molecule has 0 bridgehead atoms. The molecule has 1 aliphatic heterocycles. The number of ether oxygens (including phenoxy) is 1. The predicted molar refractivity (Wildman–Crippen MR) is 155 cm³/mol. The second-order valence-electron chi connectivity index (χ2n) is 9.24. The van der Waals surface area contributed by atoms with Crippen molar-refractivity contribution in [3.63, 3.8) is 0 Å². The van der Waals surface area contributed by atoms with Gasteiger partial charge in [-0.3, -0.25) is 0 Å². The third kappa shape index (κ3) is 4.76. The Balaban J connectivity index is 1.64. The average Bonchev–Trinajstić information content (AvgIpc) is 3.63. The van der Waals surface area contributed by atoms with Gasteiger partial charge in [0.1, 0.15) is 23.8 Å². The van der Waals surface area contributed by atoms with Gasteiger partial charge in [-0.25, -0.2) is 0 Å². The molecule has 0 N–H and O–H groups in total. The molecule has 0 amide bonds. The quantitative estimate of drug-likeness (QED) is 0.221. The summed E-state index contributed by atoms with van der Waals surface area (Å²) in [7, 11) is 3.93. The molecule has 1 unspecified atom stereocenters. The monoisotopic (exact) mass is 584 g/mol. The van der Waals surface area contributed by atoms with E-state index in [0.717, 1.165) is 36.9 Å². The molecular formula is C31H19F3N4OS2. The zero-order chi connectivity index (χ0) is 29.4. The molecular weight excluding hydrogens is 565 g/mol. The molecule has 0 radical (unpaired) electrons. The lowest BCUT2D eigenvalue weighted by molar-refractivity contribution is -0.241. The number of hydrogen-bond acceptors (Lipinski definition) is 7. The topological polar surface area (TPSA) is 83.8 Å². The van der Waals surface area contributed by atoms with Crippen molar-refractivity contribution in [2.75, 3.05) is 19.0 Å². The van der Waals surface area contributed by atoms with Crippen LogP contribution in [-0.4, -0.2) is 20.3 Å². The van der Waals surface area contributed by atoms with Crippen molar-refractivity contribution in [2.24, 2.45) is 0 Å². The van der Waals surface area contributed by atoms with Gasteiger partial charge < -0.3 is 9.64 Å². The summed E-state index contributed by atoms with van der Waals surface area (Å²) >= 11 is 2.50. The fourth-order valence-electron chi connectivity index (χ4n) is 4.61. The van der Waals surface area contributed by atoms with Crippen molar-refractivity contribution in [3.8, 4) is 18.2 Å². The third-order valence-electron chi connectivity index (χ3n) is 6.55. The minimum absolute atomic E-state index is 0.170. The molecule has 202 valence electrons. The van der Waals surface area contributed by atoms with Crippen LogP contribution in [0.15, 0.2) is 83.6 Å². The number of benzene rings is 2. The molecule has 3 heterocycles. The van der Waals surface area contributed by atoms with Crippen LogP contribution in [0.4, 0.5) is 18.9 Å².